The molecule has 1 aromatic heterocycles. The Morgan fingerprint density at radius 2 is 2.09 bits per heavy atom. The van der Waals surface area contributed by atoms with Crippen molar-refractivity contribution in [3.8, 4) is 6.07 Å². The number of nitrogens with one attached hydrogen (secondary N) is 1. The van der Waals surface area contributed by atoms with Crippen LogP contribution in [0, 0.1) is 29.9 Å². The van der Waals surface area contributed by atoms with Gasteiger partial charge in [-0.05, 0) is 25.5 Å². The van der Waals surface area contributed by atoms with E-state index >= 15 is 0 Å². The molecule has 0 unspecified atom stereocenters. The van der Waals surface area contributed by atoms with E-state index in [1.807, 2.05) is 4.90 Å². The molecular weight excluding hydrogens is 302 g/mol. The Hall–Kier alpha value is -2.59. The number of fused-ring (bicyclic) bond motifs is 1. The van der Waals surface area contributed by atoms with Gasteiger partial charge in [0.25, 0.3) is 5.56 Å². The molecule has 1 aliphatic heterocycles. The minimum absolute atomic E-state index is 0.0448. The highest BCUT2D eigenvalue weighted by Crippen LogP contribution is 2.21. The normalized spacial score (nSPS) is 14.3. The van der Waals surface area contributed by atoms with Crippen LogP contribution in [0.15, 0.2) is 16.9 Å². The molecule has 0 amide bonds. The van der Waals surface area contributed by atoms with Crippen LogP contribution in [-0.4, -0.2) is 21.4 Å². The van der Waals surface area contributed by atoms with Gasteiger partial charge in [0, 0.05) is 30.8 Å². The second-order valence-corrected chi connectivity index (χ2v) is 5.57. The van der Waals surface area contributed by atoms with Gasteiger partial charge in [-0.15, -0.1) is 0 Å². The molecule has 23 heavy (non-hydrogen) atoms. The zero-order chi connectivity index (χ0) is 16.6. The van der Waals surface area contributed by atoms with Gasteiger partial charge in [-0.2, -0.15) is 5.26 Å². The molecule has 118 valence electrons. The number of halogens is 2. The van der Waals surface area contributed by atoms with E-state index in [9.17, 15) is 13.6 Å². The second-order valence-electron chi connectivity index (χ2n) is 5.57. The topological polar surface area (TPSA) is 72.8 Å². The first kappa shape index (κ1) is 15.3. The van der Waals surface area contributed by atoms with Gasteiger partial charge in [0.05, 0.1) is 17.3 Å². The van der Waals surface area contributed by atoms with E-state index < -0.39 is 11.6 Å². The van der Waals surface area contributed by atoms with Crippen molar-refractivity contribution in [2.24, 2.45) is 0 Å². The summed E-state index contributed by atoms with van der Waals surface area (Å²) in [6, 6.07) is 3.79. The summed E-state index contributed by atoms with van der Waals surface area (Å²) in [5.74, 6) is -0.948. The van der Waals surface area contributed by atoms with E-state index in [0.29, 0.717) is 36.6 Å². The first-order valence-electron chi connectivity index (χ1n) is 7.17. The van der Waals surface area contributed by atoms with Crippen molar-refractivity contribution >= 4 is 0 Å². The van der Waals surface area contributed by atoms with E-state index in [2.05, 4.69) is 9.97 Å². The minimum atomic E-state index is -0.734. The Morgan fingerprint density at radius 1 is 1.39 bits per heavy atom. The highest BCUT2D eigenvalue weighted by atomic mass is 19.1. The molecule has 2 aromatic rings. The number of nitrogens with zero attached hydrogens (tertiary/aromatic N) is 3. The van der Waals surface area contributed by atoms with Gasteiger partial charge >= 0.3 is 0 Å². The average Bonchev–Trinajstić information content (AvgIpc) is 2.50. The van der Waals surface area contributed by atoms with E-state index in [1.54, 1.807) is 13.0 Å². The fraction of sp³-hybridized carbons (Fsp3) is 0.312. The Bertz CT molecular complexity index is 846. The number of hydrogen-bond donors (Lipinski definition) is 1. The van der Waals surface area contributed by atoms with Crippen molar-refractivity contribution in [3.63, 3.8) is 0 Å². The van der Waals surface area contributed by atoms with Crippen LogP contribution >= 0.6 is 0 Å². The Kier molecular flexibility index (Phi) is 3.92. The van der Waals surface area contributed by atoms with Gasteiger partial charge < -0.3 is 4.98 Å². The number of rotatable bonds is 2. The van der Waals surface area contributed by atoms with Gasteiger partial charge in [-0.3, -0.25) is 9.69 Å². The number of benzene rings is 1. The van der Waals surface area contributed by atoms with Crippen molar-refractivity contribution < 1.29 is 8.78 Å². The molecule has 0 radical (unpaired) electrons. The third-order valence-corrected chi connectivity index (χ3v) is 3.92. The lowest BCUT2D eigenvalue weighted by molar-refractivity contribution is 0.233. The molecule has 0 fully saturated rings. The molecule has 3 rings (SSSR count). The largest absolute Gasteiger partial charge is 0.311 e. The number of hydrogen-bond acceptors (Lipinski definition) is 4. The van der Waals surface area contributed by atoms with Crippen LogP contribution in [0.5, 0.6) is 0 Å². The lowest BCUT2D eigenvalue weighted by Gasteiger charge is -2.27. The highest BCUT2D eigenvalue weighted by Gasteiger charge is 2.23. The summed E-state index contributed by atoms with van der Waals surface area (Å²) in [5.41, 5.74) is 1.01. The maximum atomic E-state index is 14.0. The standard InChI is InChI=1S/C16H14F2N4O/c1-9-20-15-8-22(3-2-11(15)16(23)21-9)7-12-13(17)4-10(6-19)5-14(12)18/h4-5H,2-3,7-8H2,1H3,(H,20,21,23). The van der Waals surface area contributed by atoms with E-state index in [0.717, 1.165) is 12.1 Å². The molecule has 1 N–H and O–H groups in total. The molecule has 2 heterocycles. The van der Waals surface area contributed by atoms with Crippen LogP contribution in [0.4, 0.5) is 8.78 Å². The molecule has 0 bridgehead atoms. The summed E-state index contributed by atoms with van der Waals surface area (Å²) < 4.78 is 28.0. The van der Waals surface area contributed by atoms with Crippen molar-refractivity contribution in [2.75, 3.05) is 6.54 Å². The lowest BCUT2D eigenvalue weighted by Crippen LogP contribution is -2.35. The number of aromatic amines is 1. The van der Waals surface area contributed by atoms with Crippen molar-refractivity contribution in [1.82, 2.24) is 14.9 Å². The third kappa shape index (κ3) is 2.98. The van der Waals surface area contributed by atoms with Crippen LogP contribution < -0.4 is 5.56 Å². The van der Waals surface area contributed by atoms with E-state index in [4.69, 9.17) is 5.26 Å². The van der Waals surface area contributed by atoms with Gasteiger partial charge in [-0.1, -0.05) is 0 Å². The number of aromatic nitrogens is 2. The number of nitriles is 1. The molecular formula is C16H14F2N4O. The highest BCUT2D eigenvalue weighted by molar-refractivity contribution is 5.34. The zero-order valence-electron chi connectivity index (χ0n) is 12.5. The van der Waals surface area contributed by atoms with Crippen LogP contribution in [0.2, 0.25) is 0 Å². The SMILES string of the molecule is Cc1nc2c(c(=O)[nH]1)CCN(Cc1c(F)cc(C#N)cc1F)C2. The minimum Gasteiger partial charge on any atom is -0.311 e. The van der Waals surface area contributed by atoms with Gasteiger partial charge in [0.15, 0.2) is 0 Å². The summed E-state index contributed by atoms with van der Waals surface area (Å²) in [4.78, 5) is 20.7. The molecule has 1 aromatic carbocycles. The molecule has 0 spiro atoms. The maximum absolute atomic E-state index is 14.0. The van der Waals surface area contributed by atoms with Crippen molar-refractivity contribution in [2.45, 2.75) is 26.4 Å². The summed E-state index contributed by atoms with van der Waals surface area (Å²) in [6.45, 7) is 2.63. The summed E-state index contributed by atoms with van der Waals surface area (Å²) in [5, 5.41) is 8.73. The van der Waals surface area contributed by atoms with Crippen molar-refractivity contribution in [3.05, 3.63) is 62.3 Å². The molecule has 0 saturated heterocycles. The van der Waals surface area contributed by atoms with Crippen LogP contribution in [-0.2, 0) is 19.5 Å². The van der Waals surface area contributed by atoms with Gasteiger partial charge in [0.2, 0.25) is 0 Å². The van der Waals surface area contributed by atoms with Gasteiger partial charge in [-0.25, -0.2) is 13.8 Å². The molecule has 0 aliphatic carbocycles. The van der Waals surface area contributed by atoms with E-state index in [1.165, 1.54) is 0 Å². The fourth-order valence-electron chi connectivity index (χ4n) is 2.80. The Morgan fingerprint density at radius 3 is 2.74 bits per heavy atom. The second kappa shape index (κ2) is 5.89. The number of aryl methyl sites for hydroxylation is 1. The lowest BCUT2D eigenvalue weighted by atomic mass is 10.0. The zero-order valence-corrected chi connectivity index (χ0v) is 12.5. The molecule has 1 aliphatic rings. The summed E-state index contributed by atoms with van der Waals surface area (Å²) in [6.07, 6.45) is 0.484. The fourth-order valence-corrected chi connectivity index (χ4v) is 2.80. The van der Waals surface area contributed by atoms with Crippen LogP contribution in [0.1, 0.15) is 28.2 Å². The monoisotopic (exact) mass is 316 g/mol. The first-order valence-corrected chi connectivity index (χ1v) is 7.17. The molecule has 5 nitrogen and oxygen atoms in total. The predicted octanol–water partition coefficient (Wildman–Crippen LogP) is 1.79. The van der Waals surface area contributed by atoms with E-state index in [-0.39, 0.29) is 23.2 Å². The number of H-pyrrole nitrogens is 1. The summed E-state index contributed by atoms with van der Waals surface area (Å²) >= 11 is 0. The predicted molar refractivity (Wildman–Crippen MR) is 78.5 cm³/mol. The average molecular weight is 316 g/mol. The Labute approximate surface area is 131 Å². The smallest absolute Gasteiger partial charge is 0.254 e. The summed E-state index contributed by atoms with van der Waals surface area (Å²) in [7, 11) is 0. The molecule has 7 heteroatoms. The molecule has 0 atom stereocenters. The molecule has 0 saturated carbocycles. The van der Waals surface area contributed by atoms with Gasteiger partial charge in [0.1, 0.15) is 17.5 Å². The third-order valence-electron chi connectivity index (χ3n) is 3.92. The maximum Gasteiger partial charge on any atom is 0.254 e. The van der Waals surface area contributed by atoms with Crippen LogP contribution in [0.25, 0.3) is 0 Å². The quantitative estimate of drug-likeness (QED) is 0.917. The van der Waals surface area contributed by atoms with Crippen LogP contribution in [0.3, 0.4) is 0 Å². The van der Waals surface area contributed by atoms with Crippen molar-refractivity contribution in [1.29, 1.82) is 5.26 Å². The Balaban J connectivity index is 1.86. The first-order chi connectivity index (χ1) is 11.0.